The highest BCUT2D eigenvalue weighted by molar-refractivity contribution is 6.67. The lowest BCUT2D eigenvalue weighted by Crippen LogP contribution is -2.16. The molecule has 0 aliphatic heterocycles. The molecule has 118 valence electrons. The third kappa shape index (κ3) is 4.31. The molecule has 2 N–H and O–H groups in total. The van der Waals surface area contributed by atoms with Crippen LogP contribution in [-0.2, 0) is 7.59 Å². The third-order valence-corrected chi connectivity index (χ3v) is 3.32. The van der Waals surface area contributed by atoms with Crippen LogP contribution in [0.3, 0.4) is 0 Å². The highest BCUT2D eigenvalue weighted by atomic mass is 35.6. The number of hydrogen-bond acceptors (Lipinski definition) is 5. The summed E-state index contributed by atoms with van der Waals surface area (Å²) < 4.78 is -3.97. The molecule has 1 heterocycles. The van der Waals surface area contributed by atoms with Crippen LogP contribution in [0.15, 0.2) is 18.2 Å². The quantitative estimate of drug-likeness (QED) is 0.655. The largest absolute Gasteiger partial charge is 0.508 e. The summed E-state index contributed by atoms with van der Waals surface area (Å²) >= 11 is 34.5. The molecular weight excluding hydrogens is 419 g/mol. The first-order valence-corrected chi connectivity index (χ1v) is 7.67. The van der Waals surface area contributed by atoms with Crippen LogP contribution < -0.4 is 0 Å². The van der Waals surface area contributed by atoms with Crippen molar-refractivity contribution < 1.29 is 10.2 Å². The van der Waals surface area contributed by atoms with E-state index in [4.69, 9.17) is 69.6 Å². The summed E-state index contributed by atoms with van der Waals surface area (Å²) in [5.41, 5.74) is 0.214. The number of aromatic nitrogens is 3. The number of nitrogens with zero attached hydrogens (tertiary/aromatic N) is 3. The van der Waals surface area contributed by atoms with E-state index in [0.29, 0.717) is 0 Å². The van der Waals surface area contributed by atoms with Gasteiger partial charge in [-0.1, -0.05) is 69.6 Å². The minimum atomic E-state index is -1.98. The molecule has 0 aliphatic carbocycles. The Balaban J connectivity index is 2.70. The van der Waals surface area contributed by atoms with E-state index in [1.165, 1.54) is 12.1 Å². The number of rotatable bonds is 1. The molecule has 22 heavy (non-hydrogen) atoms. The fourth-order valence-corrected chi connectivity index (χ4v) is 1.99. The van der Waals surface area contributed by atoms with Gasteiger partial charge in [0, 0.05) is 11.6 Å². The second-order valence-electron chi connectivity index (χ2n) is 4.04. The van der Waals surface area contributed by atoms with E-state index in [2.05, 4.69) is 15.0 Å². The number of phenolic OH excluding ortho intramolecular Hbond substituents is 2. The monoisotopic (exact) mass is 421 g/mol. The van der Waals surface area contributed by atoms with E-state index in [0.717, 1.165) is 6.07 Å². The van der Waals surface area contributed by atoms with Crippen molar-refractivity contribution in [3.63, 3.8) is 0 Å². The van der Waals surface area contributed by atoms with Gasteiger partial charge >= 0.3 is 0 Å². The predicted octanol–water partition coefficient (Wildman–Crippen LogP) is 4.60. The topological polar surface area (TPSA) is 79.1 Å². The molecule has 2 rings (SSSR count). The van der Waals surface area contributed by atoms with Crippen LogP contribution in [0.4, 0.5) is 0 Å². The van der Waals surface area contributed by atoms with Gasteiger partial charge in [-0.05, 0) is 12.1 Å². The van der Waals surface area contributed by atoms with Crippen molar-refractivity contribution in [2.24, 2.45) is 0 Å². The van der Waals surface area contributed by atoms with Gasteiger partial charge in [0.1, 0.15) is 11.5 Å². The van der Waals surface area contributed by atoms with Crippen LogP contribution in [0.1, 0.15) is 11.6 Å². The summed E-state index contributed by atoms with van der Waals surface area (Å²) in [6, 6.07) is 3.68. The fourth-order valence-electron chi connectivity index (χ4n) is 1.48. The van der Waals surface area contributed by atoms with Gasteiger partial charge in [-0.2, -0.15) is 0 Å². The van der Waals surface area contributed by atoms with Gasteiger partial charge in [0.2, 0.25) is 7.59 Å². The first-order valence-electron chi connectivity index (χ1n) is 5.40. The van der Waals surface area contributed by atoms with E-state index >= 15 is 0 Å². The number of alkyl halides is 6. The molecule has 0 aliphatic rings. The first kappa shape index (κ1) is 17.9. The molecule has 0 unspecified atom stereocenters. The highest BCUT2D eigenvalue weighted by Gasteiger charge is 2.34. The molecule has 0 radical (unpaired) electrons. The average molecular weight is 424 g/mol. The van der Waals surface area contributed by atoms with Gasteiger partial charge in [0.05, 0.1) is 0 Å². The maximum Gasteiger partial charge on any atom is 0.250 e. The normalized spacial score (nSPS) is 12.5. The van der Waals surface area contributed by atoms with Crippen LogP contribution in [0.5, 0.6) is 11.5 Å². The summed E-state index contributed by atoms with van der Waals surface area (Å²) in [4.78, 5) is 11.7. The van der Waals surface area contributed by atoms with Gasteiger partial charge in [0.25, 0.3) is 0 Å². The molecule has 0 bridgehead atoms. The van der Waals surface area contributed by atoms with Crippen LogP contribution in [0, 0.1) is 0 Å². The Morgan fingerprint density at radius 2 is 1.09 bits per heavy atom. The molecule has 2 aromatic rings. The van der Waals surface area contributed by atoms with E-state index in [1.54, 1.807) is 0 Å². The van der Waals surface area contributed by atoms with Crippen molar-refractivity contribution in [3.05, 3.63) is 29.8 Å². The zero-order valence-electron chi connectivity index (χ0n) is 10.2. The average Bonchev–Trinajstić information content (AvgIpc) is 2.35. The van der Waals surface area contributed by atoms with Crippen molar-refractivity contribution in [2.75, 3.05) is 0 Å². The van der Waals surface area contributed by atoms with E-state index in [9.17, 15) is 10.2 Å². The summed E-state index contributed by atoms with van der Waals surface area (Å²) in [7, 11) is 0. The SMILES string of the molecule is Oc1cc(O)cc(-c2nc(C(Cl)(Cl)Cl)nc(C(Cl)(Cl)Cl)n2)c1. The van der Waals surface area contributed by atoms with E-state index in [1.807, 2.05) is 0 Å². The van der Waals surface area contributed by atoms with Gasteiger partial charge in [-0.3, -0.25) is 0 Å². The number of halogens is 6. The Kier molecular flexibility index (Phi) is 5.07. The molecule has 0 amide bonds. The molecule has 1 aromatic carbocycles. The van der Waals surface area contributed by atoms with Gasteiger partial charge in [-0.15, -0.1) is 0 Å². The third-order valence-electron chi connectivity index (χ3n) is 2.30. The maximum absolute atomic E-state index is 9.53. The molecule has 0 fully saturated rings. The van der Waals surface area contributed by atoms with Crippen molar-refractivity contribution in [1.29, 1.82) is 0 Å². The van der Waals surface area contributed by atoms with Crippen molar-refractivity contribution in [3.8, 4) is 22.9 Å². The maximum atomic E-state index is 9.53. The minimum absolute atomic E-state index is 0.0520. The van der Waals surface area contributed by atoms with E-state index < -0.39 is 7.59 Å². The lowest BCUT2D eigenvalue weighted by molar-refractivity contribution is 0.451. The first-order chi connectivity index (χ1) is 9.96. The number of hydrogen-bond donors (Lipinski definition) is 2. The molecule has 0 saturated heterocycles. The Labute approximate surface area is 154 Å². The zero-order chi connectivity index (χ0) is 16.7. The molecule has 0 atom stereocenters. The van der Waals surface area contributed by atoms with E-state index in [-0.39, 0.29) is 34.5 Å². The molecule has 11 heteroatoms. The number of phenols is 2. The van der Waals surface area contributed by atoms with Crippen LogP contribution >= 0.6 is 69.6 Å². The fraction of sp³-hybridized carbons (Fsp3) is 0.182. The number of benzene rings is 1. The minimum Gasteiger partial charge on any atom is -0.508 e. The Hall–Kier alpha value is -0.430. The molecule has 0 spiro atoms. The molecular formula is C11H5Cl6N3O2. The Morgan fingerprint density at radius 3 is 1.45 bits per heavy atom. The summed E-state index contributed by atoms with van der Waals surface area (Å²) in [5, 5.41) is 19.1. The summed E-state index contributed by atoms with van der Waals surface area (Å²) in [5.74, 6) is -1.04. The van der Waals surface area contributed by atoms with Crippen molar-refractivity contribution in [2.45, 2.75) is 7.59 Å². The second kappa shape index (κ2) is 6.23. The Bertz CT molecular complexity index is 661. The standard InChI is InChI=1S/C11H5Cl6N3O2/c12-10(13,14)8-18-7(19-9(20-8)11(15,16)17)4-1-5(21)3-6(22)2-4/h1-3,21-22H. The molecule has 1 aromatic heterocycles. The zero-order valence-corrected chi connectivity index (χ0v) is 14.8. The Morgan fingerprint density at radius 1 is 0.682 bits per heavy atom. The van der Waals surface area contributed by atoms with Crippen molar-refractivity contribution in [1.82, 2.24) is 15.0 Å². The summed E-state index contributed by atoms with van der Waals surface area (Å²) in [6.45, 7) is 0. The van der Waals surface area contributed by atoms with Gasteiger partial charge in [0.15, 0.2) is 17.5 Å². The summed E-state index contributed by atoms with van der Waals surface area (Å²) in [6.07, 6.45) is 0. The molecule has 5 nitrogen and oxygen atoms in total. The highest BCUT2D eigenvalue weighted by Crippen LogP contribution is 2.41. The molecule has 0 saturated carbocycles. The smallest absolute Gasteiger partial charge is 0.250 e. The van der Waals surface area contributed by atoms with Crippen molar-refractivity contribution >= 4 is 69.6 Å². The lowest BCUT2D eigenvalue weighted by Gasteiger charge is -2.15. The van der Waals surface area contributed by atoms with Crippen LogP contribution in [0.2, 0.25) is 0 Å². The second-order valence-corrected chi connectivity index (χ2v) is 8.60. The predicted molar refractivity (Wildman–Crippen MR) is 87.1 cm³/mol. The van der Waals surface area contributed by atoms with Crippen LogP contribution in [-0.4, -0.2) is 25.2 Å². The van der Waals surface area contributed by atoms with Gasteiger partial charge < -0.3 is 10.2 Å². The number of aromatic hydroxyl groups is 2. The van der Waals surface area contributed by atoms with Crippen LogP contribution in [0.25, 0.3) is 11.4 Å². The van der Waals surface area contributed by atoms with Gasteiger partial charge in [-0.25, -0.2) is 15.0 Å². The lowest BCUT2D eigenvalue weighted by atomic mass is 10.2.